The minimum atomic E-state index is -0.172. The van der Waals surface area contributed by atoms with Gasteiger partial charge in [0.05, 0.1) is 11.5 Å². The van der Waals surface area contributed by atoms with E-state index >= 15 is 0 Å². The minimum absolute atomic E-state index is 0.172. The Balaban J connectivity index is 4.66. The van der Waals surface area contributed by atoms with Crippen LogP contribution < -0.4 is 0 Å². The largest absolute Gasteiger partial charge is 0.198 e. The van der Waals surface area contributed by atoms with Crippen LogP contribution in [0.1, 0.15) is 41.5 Å². The fraction of sp³-hybridized carbons (Fsp3) is 0.909. The van der Waals surface area contributed by atoms with Crippen molar-refractivity contribution in [1.29, 1.82) is 5.26 Å². The summed E-state index contributed by atoms with van der Waals surface area (Å²) in [5, 5.41) is 9.12. The van der Waals surface area contributed by atoms with Crippen LogP contribution >= 0.6 is 0 Å². The average Bonchev–Trinajstić information content (AvgIpc) is 2.01. The summed E-state index contributed by atoms with van der Waals surface area (Å²) in [4.78, 5) is 0. The number of hydrogen-bond acceptors (Lipinski definition) is 1. The third-order valence-corrected chi connectivity index (χ3v) is 3.39. The molecule has 0 aliphatic heterocycles. The van der Waals surface area contributed by atoms with Crippen molar-refractivity contribution < 1.29 is 0 Å². The first-order valence-corrected chi connectivity index (χ1v) is 4.77. The molecule has 12 heavy (non-hydrogen) atoms. The molecule has 0 spiro atoms. The first-order chi connectivity index (χ1) is 5.36. The van der Waals surface area contributed by atoms with Gasteiger partial charge < -0.3 is 0 Å². The molecule has 2 atom stereocenters. The van der Waals surface area contributed by atoms with Gasteiger partial charge in [0.2, 0.25) is 0 Å². The fourth-order valence-electron chi connectivity index (χ4n) is 1.45. The quantitative estimate of drug-likeness (QED) is 0.631. The van der Waals surface area contributed by atoms with E-state index in [1.807, 2.05) is 0 Å². The zero-order valence-corrected chi connectivity index (χ0v) is 9.18. The van der Waals surface area contributed by atoms with Crippen molar-refractivity contribution in [2.75, 3.05) is 0 Å². The Kier molecular flexibility index (Phi) is 3.77. The molecule has 0 radical (unpaired) electrons. The first-order valence-electron chi connectivity index (χ1n) is 4.77. The van der Waals surface area contributed by atoms with Crippen molar-refractivity contribution in [1.82, 2.24) is 0 Å². The topological polar surface area (TPSA) is 23.8 Å². The third-order valence-electron chi connectivity index (χ3n) is 3.39. The second kappa shape index (κ2) is 3.94. The van der Waals surface area contributed by atoms with Crippen LogP contribution in [-0.2, 0) is 0 Å². The summed E-state index contributed by atoms with van der Waals surface area (Å²) in [6.07, 6.45) is 0. The summed E-state index contributed by atoms with van der Waals surface area (Å²) in [6, 6.07) is 2.46. The van der Waals surface area contributed by atoms with Gasteiger partial charge in [-0.3, -0.25) is 0 Å². The Bertz CT molecular complexity index is 176. The van der Waals surface area contributed by atoms with Gasteiger partial charge in [0, 0.05) is 0 Å². The standard InChI is InChI=1S/C11H21N/c1-8(2)10(5)11(6,7-12)9(3)4/h8-10H,1-6H3. The van der Waals surface area contributed by atoms with Gasteiger partial charge in [-0.2, -0.15) is 5.26 Å². The third kappa shape index (κ3) is 2.00. The summed E-state index contributed by atoms with van der Waals surface area (Å²) < 4.78 is 0. The summed E-state index contributed by atoms with van der Waals surface area (Å²) in [7, 11) is 0. The van der Waals surface area contributed by atoms with Crippen molar-refractivity contribution in [3.05, 3.63) is 0 Å². The highest BCUT2D eigenvalue weighted by molar-refractivity contribution is 5.01. The highest BCUT2D eigenvalue weighted by atomic mass is 14.4. The molecular weight excluding hydrogens is 146 g/mol. The second-order valence-electron chi connectivity index (χ2n) is 4.58. The molecule has 70 valence electrons. The lowest BCUT2D eigenvalue weighted by Crippen LogP contribution is -2.32. The van der Waals surface area contributed by atoms with E-state index in [4.69, 9.17) is 5.26 Å². The summed E-state index contributed by atoms with van der Waals surface area (Å²) in [5.74, 6) is 1.47. The van der Waals surface area contributed by atoms with E-state index in [-0.39, 0.29) is 5.41 Å². The molecule has 0 bridgehead atoms. The number of rotatable bonds is 3. The van der Waals surface area contributed by atoms with E-state index in [1.165, 1.54) is 0 Å². The van der Waals surface area contributed by atoms with Gasteiger partial charge in [-0.05, 0) is 24.7 Å². The zero-order chi connectivity index (χ0) is 9.94. The molecule has 0 aromatic heterocycles. The lowest BCUT2D eigenvalue weighted by atomic mass is 9.67. The molecule has 1 nitrogen and oxygen atoms in total. The van der Waals surface area contributed by atoms with Gasteiger partial charge >= 0.3 is 0 Å². The van der Waals surface area contributed by atoms with Crippen LogP contribution in [0.15, 0.2) is 0 Å². The van der Waals surface area contributed by atoms with Gasteiger partial charge in [0.25, 0.3) is 0 Å². The summed E-state index contributed by atoms with van der Waals surface area (Å²) in [6.45, 7) is 12.9. The highest BCUT2D eigenvalue weighted by Gasteiger charge is 2.35. The van der Waals surface area contributed by atoms with E-state index in [2.05, 4.69) is 47.6 Å². The van der Waals surface area contributed by atoms with E-state index < -0.39 is 0 Å². The molecule has 0 rings (SSSR count). The van der Waals surface area contributed by atoms with E-state index in [9.17, 15) is 0 Å². The normalized spacial score (nSPS) is 18.9. The maximum atomic E-state index is 9.12. The molecule has 1 heteroatoms. The number of hydrogen-bond donors (Lipinski definition) is 0. The Morgan fingerprint density at radius 3 is 1.58 bits per heavy atom. The molecule has 2 unspecified atom stereocenters. The van der Waals surface area contributed by atoms with Crippen molar-refractivity contribution in [2.24, 2.45) is 23.2 Å². The van der Waals surface area contributed by atoms with Gasteiger partial charge in [0.15, 0.2) is 0 Å². The van der Waals surface area contributed by atoms with Crippen LogP contribution in [0, 0.1) is 34.5 Å². The van der Waals surface area contributed by atoms with Crippen LogP contribution in [0.25, 0.3) is 0 Å². The molecular formula is C11H21N. The highest BCUT2D eigenvalue weighted by Crippen LogP contribution is 2.38. The molecule has 0 aromatic rings. The second-order valence-corrected chi connectivity index (χ2v) is 4.58. The molecule has 0 aromatic carbocycles. The van der Waals surface area contributed by atoms with Gasteiger partial charge in [-0.25, -0.2) is 0 Å². The lowest BCUT2D eigenvalue weighted by Gasteiger charge is -2.35. The smallest absolute Gasteiger partial charge is 0.0692 e. The van der Waals surface area contributed by atoms with Gasteiger partial charge in [-0.1, -0.05) is 34.6 Å². The summed E-state index contributed by atoms with van der Waals surface area (Å²) in [5.41, 5.74) is -0.172. The van der Waals surface area contributed by atoms with Crippen LogP contribution in [0.3, 0.4) is 0 Å². The maximum absolute atomic E-state index is 9.12. The number of nitriles is 1. The van der Waals surface area contributed by atoms with Gasteiger partial charge in [-0.15, -0.1) is 0 Å². The van der Waals surface area contributed by atoms with Crippen molar-refractivity contribution in [2.45, 2.75) is 41.5 Å². The van der Waals surface area contributed by atoms with Crippen molar-refractivity contribution in [3.8, 4) is 6.07 Å². The molecule has 0 aliphatic carbocycles. The predicted molar refractivity (Wildman–Crippen MR) is 52.6 cm³/mol. The maximum Gasteiger partial charge on any atom is 0.0692 e. The molecule has 0 saturated heterocycles. The van der Waals surface area contributed by atoms with Gasteiger partial charge in [0.1, 0.15) is 0 Å². The molecule has 0 fully saturated rings. The van der Waals surface area contributed by atoms with E-state index in [1.54, 1.807) is 0 Å². The van der Waals surface area contributed by atoms with Crippen molar-refractivity contribution >= 4 is 0 Å². The fourth-order valence-corrected chi connectivity index (χ4v) is 1.45. The molecule has 0 N–H and O–H groups in total. The molecule has 0 amide bonds. The van der Waals surface area contributed by atoms with E-state index in [0.29, 0.717) is 17.8 Å². The Morgan fingerprint density at radius 1 is 1.08 bits per heavy atom. The van der Waals surface area contributed by atoms with Crippen LogP contribution in [0.2, 0.25) is 0 Å². The molecule has 0 aliphatic rings. The Morgan fingerprint density at radius 2 is 1.50 bits per heavy atom. The van der Waals surface area contributed by atoms with Crippen LogP contribution in [0.4, 0.5) is 0 Å². The lowest BCUT2D eigenvalue weighted by molar-refractivity contribution is 0.156. The summed E-state index contributed by atoms with van der Waals surface area (Å²) >= 11 is 0. The van der Waals surface area contributed by atoms with E-state index in [0.717, 1.165) is 0 Å². The minimum Gasteiger partial charge on any atom is -0.198 e. The Hall–Kier alpha value is -0.510. The first kappa shape index (κ1) is 11.5. The zero-order valence-electron chi connectivity index (χ0n) is 9.18. The Labute approximate surface area is 76.8 Å². The predicted octanol–water partition coefficient (Wildman–Crippen LogP) is 3.46. The SMILES string of the molecule is CC(C)C(C)C(C)(C#N)C(C)C. The van der Waals surface area contributed by atoms with Crippen molar-refractivity contribution in [3.63, 3.8) is 0 Å². The van der Waals surface area contributed by atoms with Crippen LogP contribution in [-0.4, -0.2) is 0 Å². The molecule has 0 saturated carbocycles. The average molecular weight is 167 g/mol. The number of nitrogens with zero attached hydrogens (tertiary/aromatic N) is 1. The van der Waals surface area contributed by atoms with Crippen LogP contribution in [0.5, 0.6) is 0 Å². The molecule has 0 heterocycles. The monoisotopic (exact) mass is 167 g/mol.